The van der Waals surface area contributed by atoms with Gasteiger partial charge in [0.1, 0.15) is 11.4 Å². The fraction of sp³-hybridized carbons (Fsp3) is 0.316. The fourth-order valence-corrected chi connectivity index (χ4v) is 2.07. The molecule has 0 unspecified atom stereocenters. The Morgan fingerprint density at radius 2 is 1.72 bits per heavy atom. The van der Waals surface area contributed by atoms with Gasteiger partial charge in [0.25, 0.3) is 11.8 Å². The molecule has 0 bridgehead atoms. The lowest BCUT2D eigenvalue weighted by atomic mass is 9.87. The molecular formula is C19H23N3O3. The van der Waals surface area contributed by atoms with Crippen molar-refractivity contribution >= 4 is 11.8 Å². The third kappa shape index (κ3) is 5.31. The van der Waals surface area contributed by atoms with Gasteiger partial charge in [0.2, 0.25) is 0 Å². The third-order valence-corrected chi connectivity index (χ3v) is 3.60. The largest absolute Gasteiger partial charge is 0.481 e. The number of ether oxygens (including phenoxy) is 1. The first kappa shape index (κ1) is 18.4. The van der Waals surface area contributed by atoms with Crippen LogP contribution in [0.25, 0.3) is 0 Å². The lowest BCUT2D eigenvalue weighted by Gasteiger charge is -2.20. The van der Waals surface area contributed by atoms with Crippen molar-refractivity contribution in [2.45, 2.75) is 39.2 Å². The molecule has 0 aliphatic rings. The van der Waals surface area contributed by atoms with Gasteiger partial charge in [-0.25, -0.2) is 0 Å². The van der Waals surface area contributed by atoms with Crippen LogP contribution in [0.4, 0.5) is 0 Å². The molecule has 0 aliphatic heterocycles. The molecule has 0 aliphatic carbocycles. The van der Waals surface area contributed by atoms with Crippen LogP contribution >= 0.6 is 0 Å². The Morgan fingerprint density at radius 3 is 2.28 bits per heavy atom. The van der Waals surface area contributed by atoms with Gasteiger partial charge < -0.3 is 4.74 Å². The second-order valence-corrected chi connectivity index (χ2v) is 6.69. The zero-order chi connectivity index (χ0) is 18.4. The first-order valence-corrected chi connectivity index (χ1v) is 8.06. The summed E-state index contributed by atoms with van der Waals surface area (Å²) in [6.07, 6.45) is 0.744. The smallest absolute Gasteiger partial charge is 0.288 e. The van der Waals surface area contributed by atoms with Crippen LogP contribution < -0.4 is 15.6 Å². The monoisotopic (exact) mass is 341 g/mol. The van der Waals surface area contributed by atoms with Crippen molar-refractivity contribution < 1.29 is 14.3 Å². The van der Waals surface area contributed by atoms with E-state index in [2.05, 4.69) is 36.6 Å². The highest BCUT2D eigenvalue weighted by atomic mass is 16.5. The van der Waals surface area contributed by atoms with E-state index in [4.69, 9.17) is 4.74 Å². The Bertz CT molecular complexity index is 722. The van der Waals surface area contributed by atoms with Crippen molar-refractivity contribution in [3.63, 3.8) is 0 Å². The van der Waals surface area contributed by atoms with Crippen LogP contribution in [0.3, 0.4) is 0 Å². The van der Waals surface area contributed by atoms with Crippen molar-refractivity contribution in [3.05, 3.63) is 59.9 Å². The number of hydrogen-bond acceptors (Lipinski definition) is 4. The minimum absolute atomic E-state index is 0.0529. The summed E-state index contributed by atoms with van der Waals surface area (Å²) in [5, 5.41) is 0. The summed E-state index contributed by atoms with van der Waals surface area (Å²) in [5.74, 6) is -0.355. The van der Waals surface area contributed by atoms with E-state index < -0.39 is 17.9 Å². The molecule has 25 heavy (non-hydrogen) atoms. The van der Waals surface area contributed by atoms with Crippen LogP contribution in [0.1, 0.15) is 43.7 Å². The number of carbonyl (C=O) groups is 2. The molecule has 1 heterocycles. The molecule has 2 rings (SSSR count). The Hall–Kier alpha value is -2.89. The SMILES string of the molecule is C[C@H](Oc1ccc(C(C)(C)C)cc1)C(=O)NNC(=O)c1ccccn1. The molecule has 1 atom stereocenters. The van der Waals surface area contributed by atoms with E-state index in [0.29, 0.717) is 5.75 Å². The number of amides is 2. The molecule has 0 saturated heterocycles. The van der Waals surface area contributed by atoms with Crippen LogP contribution in [0.5, 0.6) is 5.75 Å². The number of pyridine rings is 1. The highest BCUT2D eigenvalue weighted by Crippen LogP contribution is 2.24. The summed E-state index contributed by atoms with van der Waals surface area (Å²) in [4.78, 5) is 27.8. The van der Waals surface area contributed by atoms with E-state index in [1.807, 2.05) is 24.3 Å². The van der Waals surface area contributed by atoms with E-state index in [0.717, 1.165) is 0 Å². The van der Waals surface area contributed by atoms with E-state index in [1.54, 1.807) is 25.1 Å². The molecular weight excluding hydrogens is 318 g/mol. The number of benzene rings is 1. The minimum atomic E-state index is -0.760. The van der Waals surface area contributed by atoms with Crippen LogP contribution in [-0.4, -0.2) is 22.9 Å². The average Bonchev–Trinajstić information content (AvgIpc) is 2.59. The fourth-order valence-electron chi connectivity index (χ4n) is 2.07. The second-order valence-electron chi connectivity index (χ2n) is 6.69. The van der Waals surface area contributed by atoms with Gasteiger partial charge >= 0.3 is 0 Å². The molecule has 0 radical (unpaired) electrons. The van der Waals surface area contributed by atoms with Gasteiger partial charge in [0, 0.05) is 6.20 Å². The number of nitrogens with zero attached hydrogens (tertiary/aromatic N) is 1. The Balaban J connectivity index is 1.87. The summed E-state index contributed by atoms with van der Waals surface area (Å²) in [6, 6.07) is 12.6. The standard InChI is InChI=1S/C19H23N3O3/c1-13(25-15-10-8-14(9-11-15)19(2,3)4)17(23)21-22-18(24)16-7-5-6-12-20-16/h5-13H,1-4H3,(H,21,23)(H,22,24)/t13-/m0/s1. The molecule has 0 saturated carbocycles. The zero-order valence-corrected chi connectivity index (χ0v) is 14.9. The molecule has 2 N–H and O–H groups in total. The number of nitrogens with one attached hydrogen (secondary N) is 2. The maximum absolute atomic E-state index is 12.0. The predicted octanol–water partition coefficient (Wildman–Crippen LogP) is 2.61. The number of hydrazine groups is 1. The lowest BCUT2D eigenvalue weighted by molar-refractivity contribution is -0.128. The van der Waals surface area contributed by atoms with E-state index in [1.165, 1.54) is 11.8 Å². The average molecular weight is 341 g/mol. The number of carbonyl (C=O) groups excluding carboxylic acids is 2. The molecule has 2 amide bonds. The Kier molecular flexibility index (Phi) is 5.75. The van der Waals surface area contributed by atoms with Crippen molar-refractivity contribution in [2.24, 2.45) is 0 Å². The highest BCUT2D eigenvalue weighted by Gasteiger charge is 2.17. The molecule has 6 heteroatoms. The predicted molar refractivity (Wildman–Crippen MR) is 95.1 cm³/mol. The normalized spacial score (nSPS) is 12.2. The molecule has 0 spiro atoms. The van der Waals surface area contributed by atoms with Crippen LogP contribution in [0.2, 0.25) is 0 Å². The van der Waals surface area contributed by atoms with E-state index in [-0.39, 0.29) is 11.1 Å². The summed E-state index contributed by atoms with van der Waals surface area (Å²) in [5.41, 5.74) is 6.10. The van der Waals surface area contributed by atoms with Gasteiger partial charge in [-0.2, -0.15) is 0 Å². The maximum Gasteiger partial charge on any atom is 0.288 e. The van der Waals surface area contributed by atoms with Crippen molar-refractivity contribution in [1.82, 2.24) is 15.8 Å². The summed E-state index contributed by atoms with van der Waals surface area (Å²) in [7, 11) is 0. The number of hydrogen-bond donors (Lipinski definition) is 2. The van der Waals surface area contributed by atoms with Crippen molar-refractivity contribution in [3.8, 4) is 5.75 Å². The molecule has 2 aromatic rings. The molecule has 6 nitrogen and oxygen atoms in total. The van der Waals surface area contributed by atoms with Crippen molar-refractivity contribution in [1.29, 1.82) is 0 Å². The van der Waals surface area contributed by atoms with Gasteiger partial charge in [0.05, 0.1) is 0 Å². The molecule has 1 aromatic carbocycles. The first-order valence-electron chi connectivity index (χ1n) is 8.06. The lowest BCUT2D eigenvalue weighted by Crippen LogP contribution is -2.47. The van der Waals surface area contributed by atoms with E-state index in [9.17, 15) is 9.59 Å². The zero-order valence-electron chi connectivity index (χ0n) is 14.9. The Morgan fingerprint density at radius 1 is 1.04 bits per heavy atom. The van der Waals surface area contributed by atoms with E-state index >= 15 is 0 Å². The van der Waals surface area contributed by atoms with Crippen LogP contribution in [0.15, 0.2) is 48.7 Å². The molecule has 1 aromatic heterocycles. The summed E-state index contributed by atoms with van der Waals surface area (Å²) < 4.78 is 5.60. The molecule has 132 valence electrons. The van der Waals surface area contributed by atoms with Gasteiger partial charge in [-0.05, 0) is 42.2 Å². The first-order chi connectivity index (χ1) is 11.8. The van der Waals surface area contributed by atoms with Crippen molar-refractivity contribution in [2.75, 3.05) is 0 Å². The maximum atomic E-state index is 12.0. The number of aromatic nitrogens is 1. The summed E-state index contributed by atoms with van der Waals surface area (Å²) in [6.45, 7) is 8.00. The van der Waals surface area contributed by atoms with Crippen LogP contribution in [-0.2, 0) is 10.2 Å². The molecule has 0 fully saturated rings. The number of rotatable bonds is 4. The third-order valence-electron chi connectivity index (χ3n) is 3.60. The second kappa shape index (κ2) is 7.79. The van der Waals surface area contributed by atoms with Gasteiger partial charge in [-0.1, -0.05) is 39.0 Å². The highest BCUT2D eigenvalue weighted by molar-refractivity contribution is 5.94. The van der Waals surface area contributed by atoms with Gasteiger partial charge in [-0.3, -0.25) is 25.4 Å². The quantitative estimate of drug-likeness (QED) is 0.838. The topological polar surface area (TPSA) is 80.3 Å². The minimum Gasteiger partial charge on any atom is -0.481 e. The Labute approximate surface area is 147 Å². The summed E-state index contributed by atoms with van der Waals surface area (Å²) >= 11 is 0. The van der Waals surface area contributed by atoms with Gasteiger partial charge in [-0.15, -0.1) is 0 Å². The van der Waals surface area contributed by atoms with Gasteiger partial charge in [0.15, 0.2) is 6.10 Å². The van der Waals surface area contributed by atoms with Crippen LogP contribution in [0, 0.1) is 0 Å².